The van der Waals surface area contributed by atoms with Crippen molar-refractivity contribution in [1.29, 1.82) is 0 Å². The molecule has 0 aliphatic rings. The van der Waals surface area contributed by atoms with Gasteiger partial charge in [-0.1, -0.05) is 12.1 Å². The molecule has 1 atom stereocenters. The maximum atomic E-state index is 11.9. The number of hydrogen-bond acceptors (Lipinski definition) is 3. The molecule has 0 unspecified atom stereocenters. The molecule has 94 valence electrons. The van der Waals surface area contributed by atoms with E-state index in [4.69, 9.17) is 0 Å². The molecular weight excluding hydrogens is 246 g/mol. The fraction of sp³-hybridized carbons (Fsp3) is 0.214. The summed E-state index contributed by atoms with van der Waals surface area (Å²) in [6.07, 6.45) is 0.822. The lowest BCUT2D eigenvalue weighted by molar-refractivity contribution is 0.0940. The highest BCUT2D eigenvalue weighted by Crippen LogP contribution is 2.13. The van der Waals surface area contributed by atoms with Crippen molar-refractivity contribution in [3.8, 4) is 5.75 Å². The van der Waals surface area contributed by atoms with Crippen LogP contribution in [-0.2, 0) is 6.42 Å². The molecular formula is C14H15NO2S. The van der Waals surface area contributed by atoms with E-state index in [1.807, 2.05) is 18.4 Å². The predicted molar refractivity (Wildman–Crippen MR) is 73.1 cm³/mol. The summed E-state index contributed by atoms with van der Waals surface area (Å²) in [5.41, 5.74) is 0.480. The molecule has 0 radical (unpaired) electrons. The van der Waals surface area contributed by atoms with E-state index < -0.39 is 0 Å². The minimum Gasteiger partial charge on any atom is -0.508 e. The van der Waals surface area contributed by atoms with E-state index in [1.54, 1.807) is 29.5 Å². The van der Waals surface area contributed by atoms with Crippen LogP contribution in [0.4, 0.5) is 0 Å². The van der Waals surface area contributed by atoms with Gasteiger partial charge >= 0.3 is 0 Å². The summed E-state index contributed by atoms with van der Waals surface area (Å²) in [6.45, 7) is 1.97. The van der Waals surface area contributed by atoms with Gasteiger partial charge in [-0.3, -0.25) is 4.79 Å². The zero-order valence-electron chi connectivity index (χ0n) is 10.1. The third-order valence-electron chi connectivity index (χ3n) is 2.57. The maximum absolute atomic E-state index is 11.9. The fourth-order valence-corrected chi connectivity index (χ4v) is 2.57. The number of hydrogen-bond donors (Lipinski definition) is 2. The van der Waals surface area contributed by atoms with Gasteiger partial charge in [-0.05, 0) is 36.6 Å². The van der Waals surface area contributed by atoms with Crippen molar-refractivity contribution >= 4 is 17.2 Å². The molecule has 1 amide bonds. The molecule has 0 bridgehead atoms. The standard InChI is InChI=1S/C14H15NO2S/c1-10(8-13-6-3-7-18-13)15-14(17)11-4-2-5-12(16)9-11/h2-7,9-10,16H,8H2,1H3,(H,15,17)/t10-/m1/s1. The van der Waals surface area contributed by atoms with Gasteiger partial charge in [0, 0.05) is 22.9 Å². The van der Waals surface area contributed by atoms with Crippen LogP contribution in [0.15, 0.2) is 41.8 Å². The van der Waals surface area contributed by atoms with Crippen LogP contribution < -0.4 is 5.32 Å². The molecule has 1 aromatic heterocycles. The van der Waals surface area contributed by atoms with Gasteiger partial charge in [-0.25, -0.2) is 0 Å². The Morgan fingerprint density at radius 1 is 1.39 bits per heavy atom. The lowest BCUT2D eigenvalue weighted by Crippen LogP contribution is -2.33. The molecule has 0 saturated carbocycles. The number of rotatable bonds is 4. The Bertz CT molecular complexity index is 522. The normalized spacial score (nSPS) is 12.1. The van der Waals surface area contributed by atoms with E-state index in [9.17, 15) is 9.90 Å². The summed E-state index contributed by atoms with van der Waals surface area (Å²) in [4.78, 5) is 13.2. The molecule has 2 N–H and O–H groups in total. The van der Waals surface area contributed by atoms with Crippen LogP contribution in [0.2, 0.25) is 0 Å². The average Bonchev–Trinajstić information content (AvgIpc) is 2.81. The van der Waals surface area contributed by atoms with Crippen LogP contribution in [0.5, 0.6) is 5.75 Å². The van der Waals surface area contributed by atoms with Gasteiger partial charge in [-0.15, -0.1) is 11.3 Å². The lowest BCUT2D eigenvalue weighted by Gasteiger charge is -2.13. The number of carbonyl (C=O) groups is 1. The van der Waals surface area contributed by atoms with Gasteiger partial charge in [0.15, 0.2) is 0 Å². The maximum Gasteiger partial charge on any atom is 0.251 e. The Morgan fingerprint density at radius 2 is 2.22 bits per heavy atom. The van der Waals surface area contributed by atoms with Gasteiger partial charge < -0.3 is 10.4 Å². The van der Waals surface area contributed by atoms with E-state index in [0.717, 1.165) is 6.42 Å². The zero-order chi connectivity index (χ0) is 13.0. The number of carbonyl (C=O) groups excluding carboxylic acids is 1. The third kappa shape index (κ3) is 3.34. The molecule has 0 spiro atoms. The monoisotopic (exact) mass is 261 g/mol. The van der Waals surface area contributed by atoms with E-state index in [2.05, 4.69) is 11.4 Å². The number of thiophene rings is 1. The van der Waals surface area contributed by atoms with Crippen molar-refractivity contribution in [3.05, 3.63) is 52.2 Å². The summed E-state index contributed by atoms with van der Waals surface area (Å²) in [5, 5.41) is 14.3. The topological polar surface area (TPSA) is 49.3 Å². The second kappa shape index (κ2) is 5.69. The first-order valence-corrected chi connectivity index (χ1v) is 6.65. The molecule has 4 heteroatoms. The molecule has 0 fully saturated rings. The minimum absolute atomic E-state index is 0.0681. The number of aromatic hydroxyl groups is 1. The highest BCUT2D eigenvalue weighted by molar-refractivity contribution is 7.09. The van der Waals surface area contributed by atoms with Crippen LogP contribution in [0.1, 0.15) is 22.2 Å². The molecule has 1 aromatic carbocycles. The van der Waals surface area contributed by atoms with E-state index in [-0.39, 0.29) is 17.7 Å². The number of amides is 1. The van der Waals surface area contributed by atoms with Gasteiger partial charge in [0.2, 0.25) is 0 Å². The first kappa shape index (κ1) is 12.6. The van der Waals surface area contributed by atoms with Crippen LogP contribution in [0, 0.1) is 0 Å². The van der Waals surface area contributed by atoms with E-state index in [0.29, 0.717) is 5.56 Å². The van der Waals surface area contributed by atoms with Crippen molar-refractivity contribution in [3.63, 3.8) is 0 Å². The van der Waals surface area contributed by atoms with E-state index >= 15 is 0 Å². The Kier molecular flexibility index (Phi) is 3.99. The minimum atomic E-state index is -0.157. The third-order valence-corrected chi connectivity index (χ3v) is 3.47. The van der Waals surface area contributed by atoms with Gasteiger partial charge in [0.25, 0.3) is 5.91 Å². The Labute approximate surface area is 110 Å². The zero-order valence-corrected chi connectivity index (χ0v) is 10.9. The van der Waals surface area contributed by atoms with Crippen molar-refractivity contribution < 1.29 is 9.90 Å². The molecule has 2 rings (SSSR count). The fourth-order valence-electron chi connectivity index (χ4n) is 1.74. The Balaban J connectivity index is 1.95. The van der Waals surface area contributed by atoms with E-state index in [1.165, 1.54) is 10.9 Å². The average molecular weight is 261 g/mol. The molecule has 1 heterocycles. The van der Waals surface area contributed by atoms with Crippen molar-refractivity contribution in [2.75, 3.05) is 0 Å². The smallest absolute Gasteiger partial charge is 0.251 e. The highest BCUT2D eigenvalue weighted by atomic mass is 32.1. The second-order valence-electron chi connectivity index (χ2n) is 4.21. The molecule has 0 aliphatic heterocycles. The number of phenolic OH excluding ortho intramolecular Hbond substituents is 1. The van der Waals surface area contributed by atoms with Gasteiger partial charge in [0.05, 0.1) is 0 Å². The van der Waals surface area contributed by atoms with Crippen molar-refractivity contribution in [1.82, 2.24) is 5.32 Å². The van der Waals surface area contributed by atoms with Crippen LogP contribution in [0.3, 0.4) is 0 Å². The molecule has 18 heavy (non-hydrogen) atoms. The van der Waals surface area contributed by atoms with Crippen molar-refractivity contribution in [2.24, 2.45) is 0 Å². The quantitative estimate of drug-likeness (QED) is 0.889. The predicted octanol–water partition coefficient (Wildman–Crippen LogP) is 2.81. The first-order chi connectivity index (χ1) is 8.65. The summed E-state index contributed by atoms with van der Waals surface area (Å²) >= 11 is 1.69. The first-order valence-electron chi connectivity index (χ1n) is 5.77. The number of nitrogens with one attached hydrogen (secondary N) is 1. The summed E-state index contributed by atoms with van der Waals surface area (Å²) in [6, 6.07) is 10.5. The van der Waals surface area contributed by atoms with Crippen LogP contribution >= 0.6 is 11.3 Å². The highest BCUT2D eigenvalue weighted by Gasteiger charge is 2.11. The Morgan fingerprint density at radius 3 is 2.89 bits per heavy atom. The summed E-state index contributed by atoms with van der Waals surface area (Å²) in [7, 11) is 0. The van der Waals surface area contributed by atoms with Gasteiger partial charge in [-0.2, -0.15) is 0 Å². The van der Waals surface area contributed by atoms with Crippen molar-refractivity contribution in [2.45, 2.75) is 19.4 Å². The largest absolute Gasteiger partial charge is 0.508 e. The molecule has 0 aliphatic carbocycles. The van der Waals surface area contributed by atoms with Gasteiger partial charge in [0.1, 0.15) is 5.75 Å². The lowest BCUT2D eigenvalue weighted by atomic mass is 10.1. The second-order valence-corrected chi connectivity index (χ2v) is 5.24. The molecule has 3 nitrogen and oxygen atoms in total. The van der Waals surface area contributed by atoms with Crippen LogP contribution in [-0.4, -0.2) is 17.1 Å². The SMILES string of the molecule is C[C@H](Cc1cccs1)NC(=O)c1cccc(O)c1. The molecule has 0 saturated heterocycles. The summed E-state index contributed by atoms with van der Waals surface area (Å²) in [5.74, 6) is -0.0523. The van der Waals surface area contributed by atoms with Crippen LogP contribution in [0.25, 0.3) is 0 Å². The number of phenols is 1. The summed E-state index contributed by atoms with van der Waals surface area (Å²) < 4.78 is 0. The Hall–Kier alpha value is -1.81. The molecule has 2 aromatic rings. The number of benzene rings is 1.